The number of rotatable bonds is 5. The average molecular weight is 546 g/mol. The first-order chi connectivity index (χ1) is 17.2. The second-order valence-electron chi connectivity index (χ2n) is 7.29. The molecule has 1 aliphatic carbocycles. The fourth-order valence-electron chi connectivity index (χ4n) is 3.41. The SMILES string of the molecule is FC1=C(F)C(F)(B(Oc2cc(F)cc(F)c2F)Oc2ccc(F)c(F)c2F)c2c(F)c(F)c(F)c(F)c21. The molecule has 0 spiro atoms. The van der Waals surface area contributed by atoms with Crippen LogP contribution in [0.5, 0.6) is 11.5 Å². The molecule has 0 saturated carbocycles. The van der Waals surface area contributed by atoms with Crippen LogP contribution in [0, 0.1) is 58.2 Å². The van der Waals surface area contributed by atoms with Gasteiger partial charge in [-0.2, -0.15) is 8.78 Å². The molecule has 194 valence electrons. The van der Waals surface area contributed by atoms with E-state index in [1.807, 2.05) is 0 Å². The molecule has 0 aliphatic heterocycles. The van der Waals surface area contributed by atoms with Crippen LogP contribution in [-0.4, -0.2) is 7.12 Å². The first kappa shape index (κ1) is 26.2. The summed E-state index contributed by atoms with van der Waals surface area (Å²) in [4.78, 5) is 0. The predicted molar refractivity (Wildman–Crippen MR) is 97.8 cm³/mol. The lowest BCUT2D eigenvalue weighted by atomic mass is 9.64. The third-order valence-corrected chi connectivity index (χ3v) is 5.11. The van der Waals surface area contributed by atoms with Gasteiger partial charge in [-0.05, 0) is 12.1 Å². The van der Waals surface area contributed by atoms with E-state index in [9.17, 15) is 52.7 Å². The molecule has 1 atom stereocenters. The van der Waals surface area contributed by atoms with Crippen LogP contribution in [0.3, 0.4) is 0 Å². The molecule has 0 heterocycles. The van der Waals surface area contributed by atoms with Crippen LogP contribution < -0.4 is 9.31 Å². The maximum absolute atomic E-state index is 16.2. The molecular formula is C21H4BF13O2. The van der Waals surface area contributed by atoms with Gasteiger partial charge in [0, 0.05) is 17.7 Å². The van der Waals surface area contributed by atoms with Crippen molar-refractivity contribution in [2.75, 3.05) is 0 Å². The largest absolute Gasteiger partial charge is 0.647 e. The molecule has 1 unspecified atom stereocenters. The van der Waals surface area contributed by atoms with Crippen LogP contribution in [0.2, 0.25) is 0 Å². The minimum atomic E-state index is -4.81. The van der Waals surface area contributed by atoms with Crippen molar-refractivity contribution in [1.29, 1.82) is 0 Å². The van der Waals surface area contributed by atoms with Gasteiger partial charge >= 0.3 is 7.12 Å². The smallest absolute Gasteiger partial charge is 0.521 e. The molecular weight excluding hydrogens is 542 g/mol. The zero-order valence-electron chi connectivity index (χ0n) is 17.1. The quantitative estimate of drug-likeness (QED) is 0.148. The highest BCUT2D eigenvalue weighted by Crippen LogP contribution is 2.53. The minimum absolute atomic E-state index is 0.0459. The first-order valence-electron chi connectivity index (χ1n) is 9.44. The van der Waals surface area contributed by atoms with E-state index >= 15 is 4.39 Å². The van der Waals surface area contributed by atoms with Gasteiger partial charge < -0.3 is 9.31 Å². The second kappa shape index (κ2) is 8.92. The molecule has 0 N–H and O–H groups in total. The van der Waals surface area contributed by atoms with Gasteiger partial charge in [0.05, 0.1) is 5.56 Å². The van der Waals surface area contributed by atoms with Crippen LogP contribution >= 0.6 is 0 Å². The number of hydrogen-bond donors (Lipinski definition) is 0. The lowest BCUT2D eigenvalue weighted by Gasteiger charge is -2.27. The molecule has 0 aromatic heterocycles. The Labute approximate surface area is 196 Å². The third-order valence-electron chi connectivity index (χ3n) is 5.11. The molecule has 0 amide bonds. The molecule has 3 aromatic rings. The van der Waals surface area contributed by atoms with Gasteiger partial charge in [-0.3, -0.25) is 0 Å². The van der Waals surface area contributed by atoms with Crippen LogP contribution in [0.1, 0.15) is 11.1 Å². The van der Waals surface area contributed by atoms with Gasteiger partial charge in [-0.1, -0.05) is 0 Å². The van der Waals surface area contributed by atoms with E-state index in [2.05, 4.69) is 9.31 Å². The average Bonchev–Trinajstić information content (AvgIpc) is 3.05. The fraction of sp³-hybridized carbons (Fsp3) is 0.0476. The topological polar surface area (TPSA) is 18.5 Å². The third kappa shape index (κ3) is 3.85. The van der Waals surface area contributed by atoms with E-state index in [1.165, 1.54) is 0 Å². The van der Waals surface area contributed by atoms with Crippen LogP contribution in [0.15, 0.2) is 30.1 Å². The van der Waals surface area contributed by atoms with Crippen molar-refractivity contribution in [3.05, 3.63) is 99.4 Å². The molecule has 0 bridgehead atoms. The van der Waals surface area contributed by atoms with Gasteiger partial charge in [-0.15, -0.1) is 0 Å². The first-order valence-corrected chi connectivity index (χ1v) is 9.44. The van der Waals surface area contributed by atoms with E-state index < -0.39 is 105 Å². The van der Waals surface area contributed by atoms with Crippen LogP contribution in [-0.2, 0) is 5.57 Å². The fourth-order valence-corrected chi connectivity index (χ4v) is 3.41. The van der Waals surface area contributed by atoms with E-state index in [0.29, 0.717) is 0 Å². The summed E-state index contributed by atoms with van der Waals surface area (Å²) in [5.74, 6) is -32.2. The summed E-state index contributed by atoms with van der Waals surface area (Å²) in [5, 5.41) is 0. The second-order valence-corrected chi connectivity index (χ2v) is 7.29. The van der Waals surface area contributed by atoms with Crippen molar-refractivity contribution >= 4 is 12.9 Å². The van der Waals surface area contributed by atoms with Crippen LogP contribution in [0.4, 0.5) is 57.1 Å². The van der Waals surface area contributed by atoms with Crippen molar-refractivity contribution in [1.82, 2.24) is 0 Å². The molecule has 2 nitrogen and oxygen atoms in total. The Hall–Kier alpha value is -3.85. The van der Waals surface area contributed by atoms with E-state index in [1.54, 1.807) is 0 Å². The lowest BCUT2D eigenvalue weighted by Crippen LogP contribution is -2.50. The summed E-state index contributed by atoms with van der Waals surface area (Å²) in [6, 6.07) is 0.209. The monoisotopic (exact) mass is 546 g/mol. The summed E-state index contributed by atoms with van der Waals surface area (Å²) in [5.41, 5.74) is -9.32. The van der Waals surface area contributed by atoms with Crippen molar-refractivity contribution in [3.63, 3.8) is 0 Å². The number of hydrogen-bond acceptors (Lipinski definition) is 2. The standard InChI is InChI=1S/C21H4BF13O2/c23-5-3-7(25)12(26)9(4-5)37-22(36-8-2-1-6(24)13(27)14(8)28)21(35)11-10(16(30)20(21)34)15(29)18(32)19(33)17(11)31/h1-4H. The van der Waals surface area contributed by atoms with Gasteiger partial charge in [0.1, 0.15) is 17.3 Å². The maximum atomic E-state index is 16.2. The number of halogens is 13. The van der Waals surface area contributed by atoms with E-state index in [0.717, 1.165) is 0 Å². The Morgan fingerprint density at radius 1 is 0.568 bits per heavy atom. The van der Waals surface area contributed by atoms with E-state index in [4.69, 9.17) is 0 Å². The van der Waals surface area contributed by atoms with Crippen molar-refractivity contribution < 1.29 is 66.4 Å². The maximum Gasteiger partial charge on any atom is 0.647 e. The predicted octanol–water partition coefficient (Wildman–Crippen LogP) is 7.05. The van der Waals surface area contributed by atoms with Gasteiger partial charge in [-0.25, -0.2) is 48.3 Å². The zero-order valence-corrected chi connectivity index (χ0v) is 17.1. The minimum Gasteiger partial charge on any atom is -0.521 e. The number of alkyl halides is 1. The molecule has 0 radical (unpaired) electrons. The highest BCUT2D eigenvalue weighted by atomic mass is 19.2. The summed E-state index contributed by atoms with van der Waals surface area (Å²) in [7, 11) is -3.62. The Morgan fingerprint density at radius 2 is 1.16 bits per heavy atom. The molecule has 0 saturated heterocycles. The van der Waals surface area contributed by atoms with Crippen LogP contribution in [0.25, 0.3) is 5.83 Å². The molecule has 37 heavy (non-hydrogen) atoms. The molecule has 16 heteroatoms. The van der Waals surface area contributed by atoms with E-state index in [-0.39, 0.29) is 24.3 Å². The summed E-state index contributed by atoms with van der Waals surface area (Å²) < 4.78 is 193. The molecule has 1 aliphatic rings. The van der Waals surface area contributed by atoms with Gasteiger partial charge in [0.2, 0.25) is 5.82 Å². The summed E-state index contributed by atoms with van der Waals surface area (Å²) >= 11 is 0. The van der Waals surface area contributed by atoms with Gasteiger partial charge in [0.15, 0.2) is 58.2 Å². The van der Waals surface area contributed by atoms with Crippen molar-refractivity contribution in [2.45, 2.75) is 5.57 Å². The highest BCUT2D eigenvalue weighted by Gasteiger charge is 2.65. The Kier molecular flexibility index (Phi) is 6.32. The molecule has 3 aromatic carbocycles. The normalized spacial score (nSPS) is 16.8. The Morgan fingerprint density at radius 3 is 1.81 bits per heavy atom. The number of fused-ring (bicyclic) bond motifs is 1. The lowest BCUT2D eigenvalue weighted by molar-refractivity contribution is 0.204. The van der Waals surface area contributed by atoms with Gasteiger partial charge in [0.25, 0.3) is 5.57 Å². The number of benzene rings is 3. The Balaban J connectivity index is 1.99. The molecule has 0 fully saturated rings. The van der Waals surface area contributed by atoms with Crippen molar-refractivity contribution in [3.8, 4) is 11.5 Å². The highest BCUT2D eigenvalue weighted by molar-refractivity contribution is 6.51. The molecule has 4 rings (SSSR count). The Bertz CT molecular complexity index is 1490. The summed E-state index contributed by atoms with van der Waals surface area (Å²) in [6.45, 7) is 0. The zero-order chi connectivity index (χ0) is 27.6. The van der Waals surface area contributed by atoms with Crippen molar-refractivity contribution in [2.24, 2.45) is 0 Å². The number of allylic oxidation sites excluding steroid dienone is 1. The summed E-state index contributed by atoms with van der Waals surface area (Å²) in [6.07, 6.45) is 0.